The van der Waals surface area contributed by atoms with E-state index < -0.39 is 17.0 Å². The number of esters is 1. The zero-order valence-corrected chi connectivity index (χ0v) is 34.1. The van der Waals surface area contributed by atoms with Crippen molar-refractivity contribution in [1.82, 2.24) is 0 Å². The van der Waals surface area contributed by atoms with Crippen molar-refractivity contribution >= 4 is 18.0 Å². The van der Waals surface area contributed by atoms with Crippen LogP contribution in [-0.2, 0) is 14.3 Å². The largest absolute Gasteiger partial charge is 0.481 e. The maximum absolute atomic E-state index is 14.1. The minimum atomic E-state index is -0.897. The maximum atomic E-state index is 14.1. The summed E-state index contributed by atoms with van der Waals surface area (Å²) in [5, 5.41) is 9.58. The second kappa shape index (κ2) is 12.3. The Labute approximate surface area is 309 Å². The molecule has 1 aliphatic heterocycles. The fourth-order valence-corrected chi connectivity index (χ4v) is 15.4. The van der Waals surface area contributed by atoms with Gasteiger partial charge in [0, 0.05) is 24.2 Å². The van der Waals surface area contributed by atoms with Crippen molar-refractivity contribution in [2.45, 2.75) is 158 Å². The number of carbonyl (C=O) groups excluding carboxylic acids is 2. The van der Waals surface area contributed by atoms with E-state index in [2.05, 4.69) is 55.0 Å². The summed E-state index contributed by atoms with van der Waals surface area (Å²) < 4.78 is 7.19. The lowest BCUT2D eigenvalue weighted by Crippen LogP contribution is -2.71. The van der Waals surface area contributed by atoms with Crippen LogP contribution in [-0.4, -0.2) is 53.3 Å². The molecule has 7 nitrogen and oxygen atoms in total. The molecule has 2 amide bonds. The molecule has 51 heavy (non-hydrogen) atoms. The number of carbonyl (C=O) groups is 3. The number of likely N-dealkylation sites (tertiary alicyclic amines) is 1. The van der Waals surface area contributed by atoms with Gasteiger partial charge in [0.15, 0.2) is 0 Å². The summed E-state index contributed by atoms with van der Waals surface area (Å²) in [6.45, 7) is 27.3. The van der Waals surface area contributed by atoms with E-state index in [1.807, 2.05) is 20.9 Å². The first kappa shape index (κ1) is 38.8. The number of hydrogen-bond donors (Lipinski definition) is 2. The van der Waals surface area contributed by atoms with Gasteiger partial charge in [0.1, 0.15) is 5.60 Å². The number of ether oxygens (including phenoxy) is 1. The topological polar surface area (TPSA) is 107 Å². The Kier molecular flexibility index (Phi) is 9.38. The Bertz CT molecular complexity index is 1440. The quantitative estimate of drug-likeness (QED) is 0.156. The molecule has 6 aliphatic rings. The first-order valence-corrected chi connectivity index (χ1v) is 20.7. The molecule has 7 heteroatoms. The normalized spacial score (nSPS) is 47.6. The van der Waals surface area contributed by atoms with Crippen molar-refractivity contribution in [2.24, 2.45) is 73.7 Å². The van der Waals surface area contributed by atoms with E-state index in [-0.39, 0.29) is 51.5 Å². The van der Waals surface area contributed by atoms with Crippen molar-refractivity contribution < 1.29 is 28.7 Å². The Morgan fingerprint density at radius 1 is 0.824 bits per heavy atom. The molecular weight excluding hydrogens is 636 g/mol. The third kappa shape index (κ3) is 5.69. The average Bonchev–Trinajstić information content (AvgIpc) is 3.36. The fourth-order valence-electron chi connectivity index (χ4n) is 15.4. The molecule has 1 heterocycles. The minimum absolute atomic E-state index is 0.0759. The molecule has 5 aliphatic carbocycles. The molecule has 0 radical (unpaired) electrons. The van der Waals surface area contributed by atoms with Crippen molar-refractivity contribution in [3.63, 3.8) is 0 Å². The molecular formula is C44H73N2O5+. The van der Waals surface area contributed by atoms with Crippen LogP contribution in [0.5, 0.6) is 0 Å². The van der Waals surface area contributed by atoms with Crippen LogP contribution in [0.15, 0.2) is 12.2 Å². The van der Waals surface area contributed by atoms with E-state index in [4.69, 9.17) is 10.5 Å². The molecule has 0 unspecified atom stereocenters. The number of aliphatic carboxylic acids is 1. The van der Waals surface area contributed by atoms with Crippen LogP contribution in [0.2, 0.25) is 0 Å². The van der Waals surface area contributed by atoms with E-state index in [0.717, 1.165) is 43.9 Å². The predicted molar refractivity (Wildman–Crippen MR) is 202 cm³/mol. The fraction of sp³-hybridized carbons (Fsp3) is 0.886. The Hall–Kier alpha value is -1.89. The minimum Gasteiger partial charge on any atom is -0.481 e. The summed E-state index contributed by atoms with van der Waals surface area (Å²) in [6, 6.07) is -0.295. The Balaban J connectivity index is 1.34. The van der Waals surface area contributed by atoms with Gasteiger partial charge < -0.3 is 15.6 Å². The molecule has 1 saturated heterocycles. The van der Waals surface area contributed by atoms with Crippen LogP contribution in [0.4, 0.5) is 4.79 Å². The average molecular weight is 710 g/mol. The summed E-state index contributed by atoms with van der Waals surface area (Å²) in [7, 11) is 1.94. The van der Waals surface area contributed by atoms with Gasteiger partial charge in [0.25, 0.3) is 0 Å². The van der Waals surface area contributed by atoms with Gasteiger partial charge in [-0.1, -0.05) is 67.5 Å². The predicted octanol–water partition coefficient (Wildman–Crippen LogP) is 9.77. The summed E-state index contributed by atoms with van der Waals surface area (Å²) in [4.78, 5) is 38.3. The van der Waals surface area contributed by atoms with E-state index in [9.17, 15) is 19.5 Å². The number of urea groups is 1. The lowest BCUT2D eigenvalue weighted by Gasteiger charge is -2.74. The number of piperidine rings is 1. The van der Waals surface area contributed by atoms with Gasteiger partial charge in [-0.15, -0.1) is 0 Å². The smallest absolute Gasteiger partial charge is 0.413 e. The number of allylic oxidation sites excluding steroid dienone is 1. The SMILES string of the molecule is C=C(C)[C@@H]1CC[C@]2(C)CC[C@]3(C)[C@H](CC[C@@H]4[C@@]5(C)CC[C@@](OC(=O)CC(C)(C)CC(=O)O)(C6CC[N+](C)(C(N)=O)CC6)C(C)(C)[C@@H]5CC[C@]43C)[C@@H]12. The lowest BCUT2D eigenvalue weighted by atomic mass is 9.31. The highest BCUT2D eigenvalue weighted by molar-refractivity contribution is 5.73. The van der Waals surface area contributed by atoms with Crippen molar-refractivity contribution in [1.29, 1.82) is 0 Å². The first-order chi connectivity index (χ1) is 23.4. The molecule has 0 aromatic heterocycles. The Morgan fingerprint density at radius 3 is 2.06 bits per heavy atom. The highest BCUT2D eigenvalue weighted by atomic mass is 16.6. The first-order valence-electron chi connectivity index (χ1n) is 20.7. The summed E-state index contributed by atoms with van der Waals surface area (Å²) >= 11 is 0. The molecule has 10 atom stereocenters. The summed E-state index contributed by atoms with van der Waals surface area (Å²) in [5.74, 6) is 2.09. The number of fused-ring (bicyclic) bond motifs is 7. The van der Waals surface area contributed by atoms with Crippen molar-refractivity contribution in [3.05, 3.63) is 12.2 Å². The molecule has 6 rings (SSSR count). The van der Waals surface area contributed by atoms with Crippen molar-refractivity contribution in [3.8, 4) is 0 Å². The van der Waals surface area contributed by atoms with Crippen molar-refractivity contribution in [2.75, 3.05) is 20.1 Å². The van der Waals surface area contributed by atoms with Gasteiger partial charge >= 0.3 is 18.0 Å². The van der Waals surface area contributed by atoms with Crippen LogP contribution in [0.3, 0.4) is 0 Å². The van der Waals surface area contributed by atoms with Crippen LogP contribution in [0, 0.1) is 68.0 Å². The maximum Gasteiger partial charge on any atom is 0.413 e. The van der Waals surface area contributed by atoms with E-state index in [1.165, 1.54) is 50.5 Å². The van der Waals surface area contributed by atoms with Gasteiger partial charge in [-0.2, -0.15) is 0 Å². The van der Waals surface area contributed by atoms with Crippen LogP contribution >= 0.6 is 0 Å². The second-order valence-corrected chi connectivity index (χ2v) is 21.8. The van der Waals surface area contributed by atoms with Gasteiger partial charge in [0.2, 0.25) is 0 Å². The number of amides is 2. The van der Waals surface area contributed by atoms with E-state index >= 15 is 0 Å². The lowest BCUT2D eigenvalue weighted by molar-refractivity contribution is -0.836. The van der Waals surface area contributed by atoms with Gasteiger partial charge in [-0.3, -0.25) is 9.59 Å². The molecule has 0 spiro atoms. The number of rotatable bonds is 7. The van der Waals surface area contributed by atoms with Gasteiger partial charge in [0.05, 0.1) is 33.0 Å². The Morgan fingerprint density at radius 2 is 1.47 bits per heavy atom. The van der Waals surface area contributed by atoms with Crippen LogP contribution in [0.1, 0.15) is 152 Å². The molecule has 288 valence electrons. The number of nitrogens with two attached hydrogens (primary N) is 1. The highest BCUT2D eigenvalue weighted by Crippen LogP contribution is 2.78. The van der Waals surface area contributed by atoms with Crippen LogP contribution in [0.25, 0.3) is 0 Å². The van der Waals surface area contributed by atoms with Crippen LogP contribution < -0.4 is 5.73 Å². The van der Waals surface area contributed by atoms with E-state index in [0.29, 0.717) is 41.7 Å². The standard InChI is InChI=1S/C44H72N2O5/c1-28(2)30-14-18-40(7)20-22-42(9)31(36(30)40)12-13-33-41(8)21-23-44(29-16-24-46(11,25-17-29)37(45)50,39(5,6)32(41)15-19-43(33,42)10)51-35(49)27-38(3,4)26-34(47)48/h29-33,36H,1,12-27H2,2-11H3,(H2-,45,47,48,50)/p+1/t29?,30-,31+,32-,33+,36+,40+,41-,42+,43+,44+,46?/m0/s1. The molecule has 0 bridgehead atoms. The zero-order chi connectivity index (χ0) is 37.8. The van der Waals surface area contributed by atoms with Gasteiger partial charge in [-0.05, 0) is 128 Å². The zero-order valence-electron chi connectivity index (χ0n) is 34.1. The molecule has 5 saturated carbocycles. The number of nitrogens with zero attached hydrogens (tertiary/aromatic N) is 1. The second-order valence-electron chi connectivity index (χ2n) is 21.8. The van der Waals surface area contributed by atoms with E-state index in [1.54, 1.807) is 0 Å². The molecule has 6 fully saturated rings. The number of hydrogen-bond acceptors (Lipinski definition) is 4. The van der Waals surface area contributed by atoms with Gasteiger partial charge in [-0.25, -0.2) is 9.28 Å². The molecule has 0 aromatic rings. The number of quaternary nitrogens is 1. The third-order valence-corrected chi connectivity index (χ3v) is 18.4. The molecule has 3 N–H and O–H groups in total. The number of carboxylic acid groups (broad SMARTS) is 1. The third-order valence-electron chi connectivity index (χ3n) is 18.4. The highest BCUT2D eigenvalue weighted by Gasteiger charge is 2.73. The number of primary amides is 1. The monoisotopic (exact) mass is 710 g/mol. The summed E-state index contributed by atoms with van der Waals surface area (Å²) in [5.41, 5.74) is 6.73. The number of carboxylic acids is 1. The summed E-state index contributed by atoms with van der Waals surface area (Å²) in [6.07, 6.45) is 13.7. The molecule has 0 aromatic carbocycles.